The highest BCUT2D eigenvalue weighted by Gasteiger charge is 2.18. The Morgan fingerprint density at radius 1 is 1.08 bits per heavy atom. The van der Waals surface area contributed by atoms with E-state index in [2.05, 4.69) is 10.6 Å². The topological polar surface area (TPSA) is 58.2 Å². The van der Waals surface area contributed by atoms with E-state index < -0.39 is 11.9 Å². The van der Waals surface area contributed by atoms with E-state index in [4.69, 9.17) is 11.6 Å². The van der Waals surface area contributed by atoms with Crippen LogP contribution in [0.2, 0.25) is 5.02 Å². The van der Waals surface area contributed by atoms with Crippen molar-refractivity contribution in [3.63, 3.8) is 0 Å². The lowest BCUT2D eigenvalue weighted by atomic mass is 9.98. The first kappa shape index (κ1) is 17.9. The largest absolute Gasteiger partial charge is 0.347 e. The van der Waals surface area contributed by atoms with Gasteiger partial charge in [0.1, 0.15) is 5.82 Å². The van der Waals surface area contributed by atoms with Crippen LogP contribution in [0.1, 0.15) is 30.5 Å². The van der Waals surface area contributed by atoms with Crippen molar-refractivity contribution in [3.05, 3.63) is 70.5 Å². The molecule has 1 unspecified atom stereocenters. The average molecular weight is 349 g/mol. The maximum atomic E-state index is 13.6. The number of rotatable bonds is 6. The van der Waals surface area contributed by atoms with Crippen LogP contribution >= 0.6 is 11.6 Å². The van der Waals surface area contributed by atoms with Crippen molar-refractivity contribution in [1.29, 1.82) is 0 Å². The normalized spacial score (nSPS) is 11.6. The molecule has 24 heavy (non-hydrogen) atoms. The van der Waals surface area contributed by atoms with Crippen LogP contribution in [0.4, 0.5) is 4.39 Å². The van der Waals surface area contributed by atoms with E-state index in [1.54, 1.807) is 43.3 Å². The van der Waals surface area contributed by atoms with Crippen molar-refractivity contribution in [1.82, 2.24) is 10.6 Å². The lowest BCUT2D eigenvalue weighted by molar-refractivity contribution is -0.126. The summed E-state index contributed by atoms with van der Waals surface area (Å²) in [5, 5.41) is 5.83. The number of carbonyl (C=O) groups is 2. The number of benzene rings is 2. The monoisotopic (exact) mass is 348 g/mol. The van der Waals surface area contributed by atoms with Crippen molar-refractivity contribution in [2.24, 2.45) is 0 Å². The van der Waals surface area contributed by atoms with Crippen molar-refractivity contribution in [2.75, 3.05) is 6.54 Å². The minimum Gasteiger partial charge on any atom is -0.347 e. The third-order valence-electron chi connectivity index (χ3n) is 3.44. The van der Waals surface area contributed by atoms with Crippen LogP contribution < -0.4 is 10.6 Å². The highest BCUT2D eigenvalue weighted by Crippen LogP contribution is 2.25. The highest BCUT2D eigenvalue weighted by molar-refractivity contribution is 6.30. The molecule has 0 aliphatic rings. The summed E-state index contributed by atoms with van der Waals surface area (Å²) in [5.41, 5.74) is 1.32. The van der Waals surface area contributed by atoms with E-state index in [0.717, 1.165) is 5.56 Å². The van der Waals surface area contributed by atoms with Gasteiger partial charge in [-0.2, -0.15) is 0 Å². The second kappa shape index (κ2) is 8.45. The third kappa shape index (κ3) is 5.06. The van der Waals surface area contributed by atoms with Crippen molar-refractivity contribution in [2.45, 2.75) is 19.4 Å². The van der Waals surface area contributed by atoms with Gasteiger partial charge in [-0.05, 0) is 35.4 Å². The molecule has 6 heteroatoms. The van der Waals surface area contributed by atoms with Crippen LogP contribution in [0, 0.1) is 5.82 Å². The molecule has 2 N–H and O–H groups in total. The number of hydrogen-bond donors (Lipinski definition) is 2. The summed E-state index contributed by atoms with van der Waals surface area (Å²) in [4.78, 5) is 23.4. The quantitative estimate of drug-likeness (QED) is 0.842. The predicted octanol–water partition coefficient (Wildman–Crippen LogP) is 3.21. The first-order chi connectivity index (χ1) is 11.5. The zero-order chi connectivity index (χ0) is 17.5. The summed E-state index contributed by atoms with van der Waals surface area (Å²) in [7, 11) is 0. The van der Waals surface area contributed by atoms with E-state index in [-0.39, 0.29) is 18.4 Å². The van der Waals surface area contributed by atoms with Crippen molar-refractivity contribution < 1.29 is 14.0 Å². The molecule has 0 aliphatic heterocycles. The van der Waals surface area contributed by atoms with Crippen LogP contribution in [0.3, 0.4) is 0 Å². The van der Waals surface area contributed by atoms with Crippen LogP contribution in [-0.4, -0.2) is 18.4 Å². The molecule has 0 saturated carbocycles. The minimum absolute atomic E-state index is 0.140. The maximum Gasteiger partial charge on any atom is 0.240 e. The Morgan fingerprint density at radius 2 is 1.75 bits per heavy atom. The molecule has 126 valence electrons. The zero-order valence-corrected chi connectivity index (χ0v) is 13.9. The summed E-state index contributed by atoms with van der Waals surface area (Å²) in [6, 6.07) is 12.4. The minimum atomic E-state index is -0.564. The molecule has 0 radical (unpaired) electrons. The molecule has 0 aliphatic carbocycles. The molecular formula is C18H18ClFN2O2. The summed E-state index contributed by atoms with van der Waals surface area (Å²) in [5.74, 6) is -0.977. The number of carbonyl (C=O) groups excluding carboxylic acids is 2. The van der Waals surface area contributed by atoms with Gasteiger partial charge in [0.05, 0.1) is 12.6 Å². The van der Waals surface area contributed by atoms with Gasteiger partial charge in [0.2, 0.25) is 11.8 Å². The van der Waals surface area contributed by atoms with Gasteiger partial charge in [0.15, 0.2) is 0 Å². The van der Waals surface area contributed by atoms with E-state index in [0.29, 0.717) is 17.0 Å². The van der Waals surface area contributed by atoms with Gasteiger partial charge in [-0.25, -0.2) is 4.39 Å². The van der Waals surface area contributed by atoms with E-state index >= 15 is 0 Å². The molecule has 2 rings (SSSR count). The maximum absolute atomic E-state index is 13.6. The van der Waals surface area contributed by atoms with Crippen LogP contribution in [0.15, 0.2) is 48.5 Å². The Labute approximate surface area is 145 Å². The standard InChI is InChI=1S/C18H18ClFN2O2/c1-2-16(23)21-11-17(24)22-18(12-5-3-7-14(19)9-12)13-6-4-8-15(20)10-13/h3-10,18H,2,11H2,1H3,(H,21,23)(H,22,24). The van der Waals surface area contributed by atoms with Gasteiger partial charge in [0.25, 0.3) is 0 Å². The van der Waals surface area contributed by atoms with Crippen LogP contribution in [0.5, 0.6) is 0 Å². The summed E-state index contributed by atoms with van der Waals surface area (Å²) < 4.78 is 13.6. The van der Waals surface area contributed by atoms with Gasteiger partial charge < -0.3 is 10.6 Å². The molecule has 2 aromatic carbocycles. The van der Waals surface area contributed by atoms with Crippen LogP contribution in [-0.2, 0) is 9.59 Å². The van der Waals surface area contributed by atoms with Gasteiger partial charge in [-0.3, -0.25) is 9.59 Å². The third-order valence-corrected chi connectivity index (χ3v) is 3.67. The predicted molar refractivity (Wildman–Crippen MR) is 91.1 cm³/mol. The summed E-state index contributed by atoms with van der Waals surface area (Å²) in [6.07, 6.45) is 0.300. The molecule has 2 amide bonds. The molecule has 0 aromatic heterocycles. The molecule has 0 fully saturated rings. The SMILES string of the molecule is CCC(=O)NCC(=O)NC(c1cccc(F)c1)c1cccc(Cl)c1. The highest BCUT2D eigenvalue weighted by atomic mass is 35.5. The van der Waals surface area contributed by atoms with Crippen LogP contribution in [0.25, 0.3) is 0 Å². The molecule has 4 nitrogen and oxygen atoms in total. The lowest BCUT2D eigenvalue weighted by Gasteiger charge is -2.20. The molecule has 0 bridgehead atoms. The molecular weight excluding hydrogens is 331 g/mol. The Bertz CT molecular complexity index is 691. The first-order valence-electron chi connectivity index (χ1n) is 7.56. The molecule has 0 heterocycles. The Morgan fingerprint density at radius 3 is 2.38 bits per heavy atom. The molecule has 0 saturated heterocycles. The van der Waals surface area contributed by atoms with Gasteiger partial charge in [0, 0.05) is 11.4 Å². The summed E-state index contributed by atoms with van der Waals surface area (Å²) in [6.45, 7) is 1.56. The van der Waals surface area contributed by atoms with E-state index in [1.807, 2.05) is 0 Å². The van der Waals surface area contributed by atoms with Crippen molar-refractivity contribution >= 4 is 23.4 Å². The Balaban J connectivity index is 2.23. The van der Waals surface area contributed by atoms with E-state index in [9.17, 15) is 14.0 Å². The number of nitrogens with one attached hydrogen (secondary N) is 2. The number of amides is 2. The zero-order valence-electron chi connectivity index (χ0n) is 13.2. The number of halogens is 2. The van der Waals surface area contributed by atoms with Gasteiger partial charge in [-0.1, -0.05) is 42.8 Å². The van der Waals surface area contributed by atoms with Gasteiger partial charge >= 0.3 is 0 Å². The Kier molecular flexibility index (Phi) is 6.32. The smallest absolute Gasteiger partial charge is 0.240 e. The molecule has 0 spiro atoms. The molecule has 1 atom stereocenters. The average Bonchev–Trinajstić information content (AvgIpc) is 2.57. The Hall–Kier alpha value is -2.40. The second-order valence-corrected chi connectivity index (χ2v) is 5.68. The summed E-state index contributed by atoms with van der Waals surface area (Å²) >= 11 is 6.02. The fraction of sp³-hybridized carbons (Fsp3) is 0.222. The first-order valence-corrected chi connectivity index (χ1v) is 7.94. The number of hydrogen-bond acceptors (Lipinski definition) is 2. The fourth-order valence-corrected chi connectivity index (χ4v) is 2.45. The van der Waals surface area contributed by atoms with E-state index in [1.165, 1.54) is 12.1 Å². The molecule has 2 aromatic rings. The lowest BCUT2D eigenvalue weighted by Crippen LogP contribution is -2.38. The van der Waals surface area contributed by atoms with Crippen molar-refractivity contribution in [3.8, 4) is 0 Å². The fourth-order valence-electron chi connectivity index (χ4n) is 2.25. The second-order valence-electron chi connectivity index (χ2n) is 5.24. The van der Waals surface area contributed by atoms with Gasteiger partial charge in [-0.15, -0.1) is 0 Å².